The number of aromatic nitrogens is 1. The molecule has 1 aliphatic carbocycles. The van der Waals surface area contributed by atoms with E-state index in [1.165, 1.54) is 29.5 Å². The maximum Gasteiger partial charge on any atom is 0.109 e. The van der Waals surface area contributed by atoms with Crippen molar-refractivity contribution < 1.29 is 0 Å². The molecule has 3 rings (SSSR count). The molecule has 2 nitrogen and oxygen atoms in total. The molecule has 3 heteroatoms. The first-order chi connectivity index (χ1) is 9.61. The van der Waals surface area contributed by atoms with Crippen LogP contribution in [0, 0.1) is 13.8 Å². The molecule has 104 valence electrons. The number of anilines is 1. The SMILES string of the molecule is Cc1cccc(C2CC(Nc3cnc(Br)c(C)c3)C2)c1. The van der Waals surface area contributed by atoms with Crippen molar-refractivity contribution in [2.45, 2.75) is 38.6 Å². The maximum atomic E-state index is 4.33. The molecule has 0 aliphatic heterocycles. The highest BCUT2D eigenvalue weighted by Gasteiger charge is 2.30. The van der Waals surface area contributed by atoms with Gasteiger partial charge < -0.3 is 5.32 Å². The molecule has 1 N–H and O–H groups in total. The minimum Gasteiger partial charge on any atom is -0.381 e. The van der Waals surface area contributed by atoms with Crippen molar-refractivity contribution >= 4 is 21.6 Å². The van der Waals surface area contributed by atoms with Crippen molar-refractivity contribution in [2.75, 3.05) is 5.32 Å². The van der Waals surface area contributed by atoms with Crippen molar-refractivity contribution in [3.05, 3.63) is 57.8 Å². The van der Waals surface area contributed by atoms with Crippen molar-refractivity contribution in [1.29, 1.82) is 0 Å². The Morgan fingerprint density at radius 1 is 1.20 bits per heavy atom. The number of pyridine rings is 1. The summed E-state index contributed by atoms with van der Waals surface area (Å²) in [6, 6.07) is 11.6. The smallest absolute Gasteiger partial charge is 0.109 e. The highest BCUT2D eigenvalue weighted by Crippen LogP contribution is 2.38. The molecule has 1 saturated carbocycles. The van der Waals surface area contributed by atoms with Gasteiger partial charge in [-0.3, -0.25) is 0 Å². The van der Waals surface area contributed by atoms with Crippen molar-refractivity contribution in [2.24, 2.45) is 0 Å². The lowest BCUT2D eigenvalue weighted by molar-refractivity contribution is 0.374. The summed E-state index contributed by atoms with van der Waals surface area (Å²) in [5.74, 6) is 0.705. The average Bonchev–Trinajstić information content (AvgIpc) is 2.37. The van der Waals surface area contributed by atoms with E-state index >= 15 is 0 Å². The molecule has 0 unspecified atom stereocenters. The predicted molar refractivity (Wildman–Crippen MR) is 87.2 cm³/mol. The van der Waals surface area contributed by atoms with Gasteiger partial charge in [0.1, 0.15) is 4.60 Å². The van der Waals surface area contributed by atoms with Gasteiger partial charge in [0.25, 0.3) is 0 Å². The maximum absolute atomic E-state index is 4.33. The van der Waals surface area contributed by atoms with Crippen LogP contribution in [0.4, 0.5) is 5.69 Å². The number of halogens is 1. The van der Waals surface area contributed by atoms with Crippen molar-refractivity contribution in [3.8, 4) is 0 Å². The minimum absolute atomic E-state index is 0.572. The van der Waals surface area contributed by atoms with Crippen LogP contribution in [0.25, 0.3) is 0 Å². The van der Waals surface area contributed by atoms with E-state index in [9.17, 15) is 0 Å². The molecule has 1 heterocycles. The first-order valence-electron chi connectivity index (χ1n) is 7.07. The van der Waals surface area contributed by atoms with E-state index in [4.69, 9.17) is 0 Å². The highest BCUT2D eigenvalue weighted by atomic mass is 79.9. The summed E-state index contributed by atoms with van der Waals surface area (Å²) < 4.78 is 0.925. The Bertz CT molecular complexity index is 618. The molecule has 1 aromatic heterocycles. The van der Waals surface area contributed by atoms with Gasteiger partial charge in [-0.15, -0.1) is 0 Å². The number of benzene rings is 1. The summed E-state index contributed by atoms with van der Waals surface area (Å²) in [6.07, 6.45) is 4.31. The molecule has 0 radical (unpaired) electrons. The second-order valence-electron chi connectivity index (χ2n) is 5.76. The summed E-state index contributed by atoms with van der Waals surface area (Å²) >= 11 is 3.43. The molecule has 0 atom stereocenters. The first-order valence-corrected chi connectivity index (χ1v) is 7.86. The van der Waals surface area contributed by atoms with Crippen LogP contribution in [0.15, 0.2) is 41.1 Å². The van der Waals surface area contributed by atoms with Crippen molar-refractivity contribution in [3.63, 3.8) is 0 Å². The Labute approximate surface area is 128 Å². The van der Waals surface area contributed by atoms with Crippen LogP contribution in [-0.4, -0.2) is 11.0 Å². The molecule has 0 amide bonds. The van der Waals surface area contributed by atoms with Gasteiger partial charge in [0, 0.05) is 6.04 Å². The molecule has 20 heavy (non-hydrogen) atoms. The number of nitrogens with one attached hydrogen (secondary N) is 1. The second-order valence-corrected chi connectivity index (χ2v) is 6.51. The summed E-state index contributed by atoms with van der Waals surface area (Å²) in [6.45, 7) is 4.23. The molecule has 0 bridgehead atoms. The largest absolute Gasteiger partial charge is 0.381 e. The second kappa shape index (κ2) is 5.57. The summed E-state index contributed by atoms with van der Waals surface area (Å²) in [4.78, 5) is 4.33. The number of hydrogen-bond acceptors (Lipinski definition) is 2. The van der Waals surface area contributed by atoms with E-state index in [0.29, 0.717) is 12.0 Å². The third-order valence-electron chi connectivity index (χ3n) is 4.04. The average molecular weight is 331 g/mol. The van der Waals surface area contributed by atoms with Gasteiger partial charge in [-0.2, -0.15) is 0 Å². The number of hydrogen-bond donors (Lipinski definition) is 1. The van der Waals surface area contributed by atoms with Crippen LogP contribution in [0.5, 0.6) is 0 Å². The van der Waals surface area contributed by atoms with E-state index in [1.807, 2.05) is 6.20 Å². The molecule has 0 spiro atoms. The quantitative estimate of drug-likeness (QED) is 0.816. The Morgan fingerprint density at radius 3 is 2.70 bits per heavy atom. The fourth-order valence-electron chi connectivity index (χ4n) is 2.80. The number of rotatable bonds is 3. The van der Waals surface area contributed by atoms with E-state index in [1.54, 1.807) is 0 Å². The topological polar surface area (TPSA) is 24.9 Å². The van der Waals surface area contributed by atoms with Crippen LogP contribution < -0.4 is 5.32 Å². The zero-order chi connectivity index (χ0) is 14.1. The van der Waals surface area contributed by atoms with Crippen LogP contribution in [0.3, 0.4) is 0 Å². The fourth-order valence-corrected chi connectivity index (χ4v) is 3.02. The molecule has 1 aromatic carbocycles. The van der Waals surface area contributed by atoms with E-state index in [0.717, 1.165) is 10.3 Å². The normalized spacial score (nSPS) is 21.4. The van der Waals surface area contributed by atoms with Gasteiger partial charge in [-0.1, -0.05) is 29.8 Å². The summed E-state index contributed by atoms with van der Waals surface area (Å²) in [7, 11) is 0. The Kier molecular flexibility index (Phi) is 3.79. The van der Waals surface area contributed by atoms with Crippen LogP contribution in [0.1, 0.15) is 35.4 Å². The van der Waals surface area contributed by atoms with Crippen molar-refractivity contribution in [1.82, 2.24) is 4.98 Å². The number of aryl methyl sites for hydroxylation is 2. The first kappa shape index (κ1) is 13.6. The van der Waals surface area contributed by atoms with Crippen LogP contribution >= 0.6 is 15.9 Å². The van der Waals surface area contributed by atoms with E-state index in [2.05, 4.69) is 70.4 Å². The van der Waals surface area contributed by atoms with E-state index < -0.39 is 0 Å². The lowest BCUT2D eigenvalue weighted by Gasteiger charge is -2.37. The molecule has 1 fully saturated rings. The molecule has 1 aliphatic rings. The standard InChI is InChI=1S/C17H19BrN2/c1-11-4-3-5-13(6-11)14-8-15(9-14)20-16-7-12(2)17(18)19-10-16/h3-7,10,14-15,20H,8-9H2,1-2H3. The van der Waals surface area contributed by atoms with Gasteiger partial charge in [-0.05, 0) is 65.7 Å². The Balaban J connectivity index is 1.59. The van der Waals surface area contributed by atoms with Crippen LogP contribution in [-0.2, 0) is 0 Å². The summed E-state index contributed by atoms with van der Waals surface area (Å²) in [5.41, 5.74) is 5.13. The van der Waals surface area contributed by atoms with Gasteiger partial charge in [0.15, 0.2) is 0 Å². The lowest BCUT2D eigenvalue weighted by atomic mass is 9.75. The summed E-state index contributed by atoms with van der Waals surface area (Å²) in [5, 5.41) is 3.58. The fraction of sp³-hybridized carbons (Fsp3) is 0.353. The highest BCUT2D eigenvalue weighted by molar-refractivity contribution is 9.10. The Hall–Kier alpha value is -1.35. The molecular weight excluding hydrogens is 312 g/mol. The predicted octanol–water partition coefficient (Wildman–Crippen LogP) is 4.82. The van der Waals surface area contributed by atoms with Gasteiger partial charge in [-0.25, -0.2) is 4.98 Å². The zero-order valence-corrected chi connectivity index (χ0v) is 13.4. The monoisotopic (exact) mass is 330 g/mol. The Morgan fingerprint density at radius 2 is 2.00 bits per heavy atom. The third kappa shape index (κ3) is 2.88. The molecular formula is C17H19BrN2. The minimum atomic E-state index is 0.572. The number of nitrogens with zero attached hydrogens (tertiary/aromatic N) is 1. The zero-order valence-electron chi connectivity index (χ0n) is 11.9. The van der Waals surface area contributed by atoms with Gasteiger partial charge >= 0.3 is 0 Å². The van der Waals surface area contributed by atoms with E-state index in [-0.39, 0.29) is 0 Å². The van der Waals surface area contributed by atoms with Gasteiger partial charge in [0.2, 0.25) is 0 Å². The lowest BCUT2D eigenvalue weighted by Crippen LogP contribution is -2.34. The van der Waals surface area contributed by atoms with Gasteiger partial charge in [0.05, 0.1) is 11.9 Å². The van der Waals surface area contributed by atoms with Crippen LogP contribution in [0.2, 0.25) is 0 Å². The molecule has 0 saturated heterocycles. The molecule has 2 aromatic rings. The third-order valence-corrected chi connectivity index (χ3v) is 4.87.